The van der Waals surface area contributed by atoms with Gasteiger partial charge in [-0.25, -0.2) is 0 Å². The molecule has 3 rings (SSSR count). The third kappa shape index (κ3) is 2.29. The highest BCUT2D eigenvalue weighted by Gasteiger charge is 2.06. The zero-order valence-corrected chi connectivity index (χ0v) is 11.7. The van der Waals surface area contributed by atoms with Crippen LogP contribution in [0.4, 0.5) is 0 Å². The molecule has 0 aliphatic rings. The van der Waals surface area contributed by atoms with Crippen LogP contribution < -0.4 is 9.47 Å². The minimum Gasteiger partial charge on any atom is -0.497 e. The van der Waals surface area contributed by atoms with Crippen molar-refractivity contribution in [2.75, 3.05) is 14.2 Å². The molecule has 3 heteroatoms. The van der Waals surface area contributed by atoms with Crippen LogP contribution in [0.1, 0.15) is 0 Å². The van der Waals surface area contributed by atoms with Crippen molar-refractivity contribution in [1.29, 1.82) is 0 Å². The van der Waals surface area contributed by atoms with Crippen molar-refractivity contribution >= 4 is 21.4 Å². The van der Waals surface area contributed by atoms with E-state index in [0.717, 1.165) is 11.5 Å². The molecule has 0 aliphatic carbocycles. The highest BCUT2D eigenvalue weighted by Crippen LogP contribution is 2.36. The molecule has 0 amide bonds. The Morgan fingerprint density at radius 2 is 1.63 bits per heavy atom. The van der Waals surface area contributed by atoms with E-state index in [0.29, 0.717) is 0 Å². The zero-order chi connectivity index (χ0) is 13.2. The van der Waals surface area contributed by atoms with Gasteiger partial charge in [0.2, 0.25) is 0 Å². The minimum absolute atomic E-state index is 0.882. The molecule has 0 saturated heterocycles. The van der Waals surface area contributed by atoms with Gasteiger partial charge in [-0.05, 0) is 47.3 Å². The van der Waals surface area contributed by atoms with E-state index in [-0.39, 0.29) is 0 Å². The topological polar surface area (TPSA) is 18.5 Å². The normalized spacial score (nSPS) is 10.6. The van der Waals surface area contributed by atoms with Crippen molar-refractivity contribution in [2.24, 2.45) is 0 Å². The summed E-state index contributed by atoms with van der Waals surface area (Å²) in [4.78, 5) is 1.24. The molecular weight excluding hydrogens is 256 g/mol. The fourth-order valence-corrected chi connectivity index (χ4v) is 3.11. The van der Waals surface area contributed by atoms with Crippen LogP contribution in [0.3, 0.4) is 0 Å². The molecule has 2 aromatic carbocycles. The Hall–Kier alpha value is -2.00. The third-order valence-electron chi connectivity index (χ3n) is 3.08. The molecule has 0 aliphatic heterocycles. The van der Waals surface area contributed by atoms with Crippen molar-refractivity contribution < 1.29 is 9.47 Å². The Kier molecular flexibility index (Phi) is 3.13. The summed E-state index contributed by atoms with van der Waals surface area (Å²) in [5, 5.41) is 1.21. The Labute approximate surface area is 116 Å². The van der Waals surface area contributed by atoms with E-state index >= 15 is 0 Å². The van der Waals surface area contributed by atoms with Gasteiger partial charge in [0.05, 0.1) is 14.2 Å². The van der Waals surface area contributed by atoms with Gasteiger partial charge in [-0.3, -0.25) is 0 Å². The van der Waals surface area contributed by atoms with Crippen LogP contribution in [0.2, 0.25) is 0 Å². The van der Waals surface area contributed by atoms with Crippen LogP contribution in [-0.4, -0.2) is 14.2 Å². The van der Waals surface area contributed by atoms with Crippen LogP contribution >= 0.6 is 11.3 Å². The van der Waals surface area contributed by atoms with Crippen molar-refractivity contribution in [3.8, 4) is 21.9 Å². The van der Waals surface area contributed by atoms with Crippen molar-refractivity contribution in [3.05, 3.63) is 48.5 Å². The highest BCUT2D eigenvalue weighted by molar-refractivity contribution is 7.22. The maximum atomic E-state index is 5.27. The number of methoxy groups -OCH3 is 2. The number of benzene rings is 2. The van der Waals surface area contributed by atoms with Gasteiger partial charge >= 0.3 is 0 Å². The lowest BCUT2D eigenvalue weighted by Crippen LogP contribution is -1.81. The molecule has 0 fully saturated rings. The molecule has 0 spiro atoms. The van der Waals surface area contributed by atoms with Gasteiger partial charge in [-0.2, -0.15) is 0 Å². The van der Waals surface area contributed by atoms with Gasteiger partial charge in [0.1, 0.15) is 11.5 Å². The van der Waals surface area contributed by atoms with E-state index in [1.807, 2.05) is 18.2 Å². The molecule has 0 unspecified atom stereocenters. The molecule has 1 aromatic heterocycles. The molecule has 0 bridgehead atoms. The second-order valence-electron chi connectivity index (χ2n) is 4.25. The predicted octanol–water partition coefficient (Wildman–Crippen LogP) is 4.59. The molecule has 0 atom stereocenters. The van der Waals surface area contributed by atoms with E-state index < -0.39 is 0 Å². The van der Waals surface area contributed by atoms with Crippen LogP contribution in [-0.2, 0) is 0 Å². The maximum Gasteiger partial charge on any atom is 0.119 e. The molecule has 19 heavy (non-hydrogen) atoms. The van der Waals surface area contributed by atoms with Gasteiger partial charge in [0.15, 0.2) is 0 Å². The summed E-state index contributed by atoms with van der Waals surface area (Å²) in [6.45, 7) is 0. The fraction of sp³-hybridized carbons (Fsp3) is 0.125. The Balaban J connectivity index is 2.09. The van der Waals surface area contributed by atoms with Gasteiger partial charge in [0, 0.05) is 9.58 Å². The average molecular weight is 270 g/mol. The van der Waals surface area contributed by atoms with Crippen LogP contribution in [0.5, 0.6) is 11.5 Å². The van der Waals surface area contributed by atoms with Gasteiger partial charge in [-0.1, -0.05) is 12.1 Å². The molecule has 2 nitrogen and oxygen atoms in total. The number of hydrogen-bond acceptors (Lipinski definition) is 3. The summed E-state index contributed by atoms with van der Waals surface area (Å²) < 4.78 is 11.8. The first kappa shape index (κ1) is 12.1. The highest BCUT2D eigenvalue weighted by atomic mass is 32.1. The summed E-state index contributed by atoms with van der Waals surface area (Å²) in [6.07, 6.45) is 0. The lowest BCUT2D eigenvalue weighted by Gasteiger charge is -2.01. The molecule has 1 heterocycles. The second kappa shape index (κ2) is 4.94. The Morgan fingerprint density at radius 3 is 2.42 bits per heavy atom. The lowest BCUT2D eigenvalue weighted by atomic mass is 10.1. The number of thiophene rings is 1. The average Bonchev–Trinajstić information content (AvgIpc) is 2.90. The number of fused-ring (bicyclic) bond motifs is 1. The smallest absolute Gasteiger partial charge is 0.119 e. The number of ether oxygens (including phenoxy) is 2. The van der Waals surface area contributed by atoms with Crippen LogP contribution in [0, 0.1) is 0 Å². The Bertz CT molecular complexity index is 716. The molecule has 0 N–H and O–H groups in total. The number of rotatable bonds is 3. The zero-order valence-electron chi connectivity index (χ0n) is 10.8. The van der Waals surface area contributed by atoms with Crippen molar-refractivity contribution in [2.45, 2.75) is 0 Å². The van der Waals surface area contributed by atoms with Crippen LogP contribution in [0.25, 0.3) is 20.5 Å². The first-order chi connectivity index (χ1) is 9.30. The summed E-state index contributed by atoms with van der Waals surface area (Å²) in [5.74, 6) is 1.77. The molecule has 3 aromatic rings. The Morgan fingerprint density at radius 1 is 0.842 bits per heavy atom. The summed E-state index contributed by atoms with van der Waals surface area (Å²) in [5.41, 5.74) is 1.18. The van der Waals surface area contributed by atoms with E-state index in [4.69, 9.17) is 9.47 Å². The third-order valence-corrected chi connectivity index (χ3v) is 4.24. The first-order valence-electron chi connectivity index (χ1n) is 6.02. The molecule has 0 saturated carbocycles. The first-order valence-corrected chi connectivity index (χ1v) is 6.84. The quantitative estimate of drug-likeness (QED) is 0.693. The van der Waals surface area contributed by atoms with E-state index in [1.54, 1.807) is 25.6 Å². The van der Waals surface area contributed by atoms with E-state index in [1.165, 1.54) is 20.5 Å². The minimum atomic E-state index is 0.882. The summed E-state index contributed by atoms with van der Waals surface area (Å²) in [6, 6.07) is 16.5. The van der Waals surface area contributed by atoms with Gasteiger partial charge < -0.3 is 9.47 Å². The summed E-state index contributed by atoms with van der Waals surface area (Å²) >= 11 is 1.78. The molecule has 96 valence electrons. The van der Waals surface area contributed by atoms with E-state index in [9.17, 15) is 0 Å². The van der Waals surface area contributed by atoms with E-state index in [2.05, 4.69) is 30.3 Å². The summed E-state index contributed by atoms with van der Waals surface area (Å²) in [7, 11) is 3.38. The molecular formula is C16H14O2S. The van der Waals surface area contributed by atoms with Crippen LogP contribution in [0.15, 0.2) is 48.5 Å². The lowest BCUT2D eigenvalue weighted by molar-refractivity contribution is 0.415. The number of hydrogen-bond donors (Lipinski definition) is 0. The molecule has 0 radical (unpaired) electrons. The maximum absolute atomic E-state index is 5.27. The van der Waals surface area contributed by atoms with Gasteiger partial charge in [-0.15, -0.1) is 11.3 Å². The van der Waals surface area contributed by atoms with Crippen molar-refractivity contribution in [1.82, 2.24) is 0 Å². The largest absolute Gasteiger partial charge is 0.497 e. The fourth-order valence-electron chi connectivity index (χ4n) is 2.07. The SMILES string of the molecule is COc1cccc(-c2cc3cc(OC)ccc3s2)c1. The monoisotopic (exact) mass is 270 g/mol. The van der Waals surface area contributed by atoms with Crippen molar-refractivity contribution in [3.63, 3.8) is 0 Å². The van der Waals surface area contributed by atoms with Gasteiger partial charge in [0.25, 0.3) is 0 Å². The predicted molar refractivity (Wildman–Crippen MR) is 80.4 cm³/mol. The standard InChI is InChI=1S/C16H14O2S/c1-17-13-5-3-4-11(8-13)16-10-12-9-14(18-2)6-7-15(12)19-16/h3-10H,1-2H3. The second-order valence-corrected chi connectivity index (χ2v) is 5.33.